The van der Waals surface area contributed by atoms with Gasteiger partial charge in [-0.15, -0.1) is 0 Å². The van der Waals surface area contributed by atoms with Gasteiger partial charge in [-0.05, 0) is 42.0 Å². The van der Waals surface area contributed by atoms with Crippen LogP contribution < -0.4 is 4.74 Å². The van der Waals surface area contributed by atoms with Gasteiger partial charge in [-0.3, -0.25) is 9.67 Å². The van der Waals surface area contributed by atoms with Crippen molar-refractivity contribution in [3.8, 4) is 28.1 Å². The zero-order valence-corrected chi connectivity index (χ0v) is 16.6. The van der Waals surface area contributed by atoms with Crippen LogP contribution in [0.25, 0.3) is 33.3 Å². The molecule has 0 spiro atoms. The summed E-state index contributed by atoms with van der Waals surface area (Å²) >= 11 is 0. The molecule has 0 radical (unpaired) electrons. The monoisotopic (exact) mass is 392 g/mol. The normalized spacial score (nSPS) is 11.0. The van der Waals surface area contributed by atoms with Gasteiger partial charge in [-0.2, -0.15) is 5.10 Å². The van der Waals surface area contributed by atoms with E-state index in [0.717, 1.165) is 44.7 Å². The van der Waals surface area contributed by atoms with Crippen molar-refractivity contribution in [3.63, 3.8) is 0 Å². The summed E-state index contributed by atoms with van der Waals surface area (Å²) < 4.78 is 7.84. The molecule has 146 valence electrons. The smallest absolute Gasteiger partial charge is 0.130 e. The van der Waals surface area contributed by atoms with Crippen LogP contribution in [0, 0.1) is 0 Å². The second-order valence-corrected chi connectivity index (χ2v) is 7.08. The molecule has 5 heteroatoms. The third kappa shape index (κ3) is 3.53. The van der Waals surface area contributed by atoms with E-state index in [1.807, 2.05) is 72.7 Å². The molecule has 0 saturated heterocycles. The summed E-state index contributed by atoms with van der Waals surface area (Å²) in [6.45, 7) is 0.429. The number of aryl methyl sites for hydroxylation is 1. The Bertz CT molecular complexity index is 1290. The lowest BCUT2D eigenvalue weighted by Gasteiger charge is -2.09. The lowest BCUT2D eigenvalue weighted by molar-refractivity contribution is 0.302. The van der Waals surface area contributed by atoms with E-state index < -0.39 is 0 Å². The third-order valence-corrected chi connectivity index (χ3v) is 5.08. The van der Waals surface area contributed by atoms with E-state index >= 15 is 0 Å². The van der Waals surface area contributed by atoms with Gasteiger partial charge in [0.25, 0.3) is 0 Å². The second-order valence-electron chi connectivity index (χ2n) is 7.08. The quantitative estimate of drug-likeness (QED) is 0.408. The van der Waals surface area contributed by atoms with E-state index in [1.54, 1.807) is 6.20 Å². The van der Waals surface area contributed by atoms with Crippen LogP contribution in [0.15, 0.2) is 91.4 Å². The fourth-order valence-corrected chi connectivity index (χ4v) is 3.57. The molecule has 0 aliphatic rings. The molecule has 2 aromatic carbocycles. The summed E-state index contributed by atoms with van der Waals surface area (Å²) in [5.41, 5.74) is 6.11. The van der Waals surface area contributed by atoms with Crippen LogP contribution >= 0.6 is 0 Å². The van der Waals surface area contributed by atoms with Gasteiger partial charge in [-0.25, -0.2) is 4.98 Å². The Kier molecular flexibility index (Phi) is 4.69. The maximum atomic E-state index is 5.96. The number of para-hydroxylation sites is 1. The summed E-state index contributed by atoms with van der Waals surface area (Å²) in [5, 5.41) is 5.57. The van der Waals surface area contributed by atoms with E-state index in [0.29, 0.717) is 6.61 Å². The second kappa shape index (κ2) is 7.79. The first-order valence-electron chi connectivity index (χ1n) is 9.78. The van der Waals surface area contributed by atoms with Crippen molar-refractivity contribution < 1.29 is 4.74 Å². The summed E-state index contributed by atoms with van der Waals surface area (Å²) in [6, 6.07) is 24.2. The van der Waals surface area contributed by atoms with Crippen molar-refractivity contribution in [2.45, 2.75) is 6.61 Å². The van der Waals surface area contributed by atoms with Crippen LogP contribution in [-0.4, -0.2) is 19.7 Å². The SMILES string of the molecule is Cn1ncc(-c2ccc(OCc3ccc4ccccc4n3)cc2)c1-c1cccnc1. The van der Waals surface area contributed by atoms with Crippen molar-refractivity contribution in [2.75, 3.05) is 0 Å². The number of benzene rings is 2. The predicted molar refractivity (Wildman–Crippen MR) is 118 cm³/mol. The van der Waals surface area contributed by atoms with E-state index in [2.05, 4.69) is 39.3 Å². The number of aromatic nitrogens is 4. The van der Waals surface area contributed by atoms with Gasteiger partial charge in [0.2, 0.25) is 0 Å². The topological polar surface area (TPSA) is 52.8 Å². The lowest BCUT2D eigenvalue weighted by atomic mass is 10.0. The summed E-state index contributed by atoms with van der Waals surface area (Å²) in [7, 11) is 1.94. The van der Waals surface area contributed by atoms with Crippen LogP contribution in [0.3, 0.4) is 0 Å². The molecule has 5 rings (SSSR count). The molecule has 0 atom stereocenters. The van der Waals surface area contributed by atoms with Gasteiger partial charge in [0, 0.05) is 36.0 Å². The van der Waals surface area contributed by atoms with Crippen LogP contribution in [0.5, 0.6) is 5.75 Å². The van der Waals surface area contributed by atoms with Crippen LogP contribution in [0.1, 0.15) is 5.69 Å². The molecule has 0 N–H and O–H groups in total. The number of hydrogen-bond acceptors (Lipinski definition) is 4. The summed E-state index contributed by atoms with van der Waals surface area (Å²) in [5.74, 6) is 0.806. The average Bonchev–Trinajstić information content (AvgIpc) is 3.20. The Morgan fingerprint density at radius 3 is 2.53 bits per heavy atom. The lowest BCUT2D eigenvalue weighted by Crippen LogP contribution is -1.98. The zero-order valence-electron chi connectivity index (χ0n) is 16.6. The van der Waals surface area contributed by atoms with Crippen LogP contribution in [0.4, 0.5) is 0 Å². The largest absolute Gasteiger partial charge is 0.487 e. The molecular formula is C25H20N4O. The number of hydrogen-bond donors (Lipinski definition) is 0. The molecule has 0 fully saturated rings. The van der Waals surface area contributed by atoms with Gasteiger partial charge < -0.3 is 4.74 Å². The molecule has 3 heterocycles. The van der Waals surface area contributed by atoms with E-state index in [9.17, 15) is 0 Å². The average molecular weight is 392 g/mol. The maximum Gasteiger partial charge on any atom is 0.130 e. The van der Waals surface area contributed by atoms with E-state index in [4.69, 9.17) is 4.74 Å². The first kappa shape index (κ1) is 18.1. The van der Waals surface area contributed by atoms with E-state index in [1.165, 1.54) is 0 Å². The third-order valence-electron chi connectivity index (χ3n) is 5.08. The predicted octanol–water partition coefficient (Wildman–Crippen LogP) is 5.28. The molecule has 5 nitrogen and oxygen atoms in total. The molecule has 30 heavy (non-hydrogen) atoms. The summed E-state index contributed by atoms with van der Waals surface area (Å²) in [6.07, 6.45) is 5.52. The van der Waals surface area contributed by atoms with E-state index in [-0.39, 0.29) is 0 Å². The molecule has 0 bridgehead atoms. The number of fused-ring (bicyclic) bond motifs is 1. The highest BCUT2D eigenvalue weighted by molar-refractivity contribution is 5.80. The van der Waals surface area contributed by atoms with Crippen molar-refractivity contribution in [2.24, 2.45) is 7.05 Å². The standard InChI is InChI=1S/C25H20N4O/c1-29-25(20-6-4-14-26-15-20)23(16-27-29)18-9-12-22(13-10-18)30-17-21-11-8-19-5-2-3-7-24(19)28-21/h2-16H,17H2,1H3. The molecule has 3 aromatic heterocycles. The number of ether oxygens (including phenoxy) is 1. The van der Waals surface area contributed by atoms with Crippen molar-refractivity contribution in [1.29, 1.82) is 0 Å². The Labute approximate surface area is 174 Å². The Hall–Kier alpha value is -3.99. The highest BCUT2D eigenvalue weighted by Gasteiger charge is 2.13. The molecule has 0 aliphatic heterocycles. The minimum Gasteiger partial charge on any atom is -0.487 e. The fourth-order valence-electron chi connectivity index (χ4n) is 3.57. The first-order valence-corrected chi connectivity index (χ1v) is 9.78. The van der Waals surface area contributed by atoms with Crippen molar-refractivity contribution in [3.05, 3.63) is 97.1 Å². The minimum absolute atomic E-state index is 0.429. The zero-order chi connectivity index (χ0) is 20.3. The van der Waals surface area contributed by atoms with Crippen LogP contribution in [0.2, 0.25) is 0 Å². The Morgan fingerprint density at radius 1 is 0.833 bits per heavy atom. The minimum atomic E-state index is 0.429. The van der Waals surface area contributed by atoms with Gasteiger partial charge in [0.15, 0.2) is 0 Å². The Balaban J connectivity index is 1.35. The highest BCUT2D eigenvalue weighted by Crippen LogP contribution is 2.32. The molecule has 0 aliphatic carbocycles. The van der Waals surface area contributed by atoms with Crippen molar-refractivity contribution >= 4 is 10.9 Å². The van der Waals surface area contributed by atoms with Crippen molar-refractivity contribution in [1.82, 2.24) is 19.7 Å². The number of nitrogens with zero attached hydrogens (tertiary/aromatic N) is 4. The molecule has 0 unspecified atom stereocenters. The first-order chi connectivity index (χ1) is 14.8. The molecule has 5 aromatic rings. The van der Waals surface area contributed by atoms with Crippen LogP contribution in [-0.2, 0) is 13.7 Å². The maximum absolute atomic E-state index is 5.96. The fraction of sp³-hybridized carbons (Fsp3) is 0.0800. The number of pyridine rings is 2. The summed E-state index contributed by atoms with van der Waals surface area (Å²) in [4.78, 5) is 8.90. The highest BCUT2D eigenvalue weighted by atomic mass is 16.5. The van der Waals surface area contributed by atoms with Gasteiger partial charge in [0.1, 0.15) is 12.4 Å². The van der Waals surface area contributed by atoms with Gasteiger partial charge in [0.05, 0.1) is 23.1 Å². The molecular weight excluding hydrogens is 372 g/mol. The molecule has 0 amide bonds. The number of rotatable bonds is 5. The van der Waals surface area contributed by atoms with Gasteiger partial charge in [-0.1, -0.05) is 36.4 Å². The van der Waals surface area contributed by atoms with Gasteiger partial charge >= 0.3 is 0 Å². The molecule has 0 saturated carbocycles. The Morgan fingerprint density at radius 2 is 1.70 bits per heavy atom.